The number of benzene rings is 2. The van der Waals surface area contributed by atoms with Crippen LogP contribution in [0.1, 0.15) is 15.9 Å². The van der Waals surface area contributed by atoms with E-state index in [0.717, 1.165) is 11.6 Å². The number of primary amides is 1. The molecular weight excluding hydrogens is 247 g/mol. The summed E-state index contributed by atoms with van der Waals surface area (Å²) in [5, 5.41) is 0. The largest absolute Gasteiger partial charge is 0.486 e. The van der Waals surface area contributed by atoms with E-state index in [2.05, 4.69) is 0 Å². The number of hydrogen-bond donors (Lipinski definition) is 2. The zero-order valence-corrected chi connectivity index (χ0v) is 10.1. The first-order valence-corrected chi connectivity index (χ1v) is 5.63. The van der Waals surface area contributed by atoms with Crippen molar-refractivity contribution in [3.63, 3.8) is 0 Å². The predicted octanol–water partition coefficient (Wildman–Crippen LogP) is 2.09. The average molecular weight is 260 g/mol. The van der Waals surface area contributed by atoms with E-state index in [9.17, 15) is 9.18 Å². The molecule has 0 aliphatic carbocycles. The molecule has 2 rings (SSSR count). The minimum Gasteiger partial charge on any atom is -0.486 e. The fourth-order valence-electron chi connectivity index (χ4n) is 1.63. The van der Waals surface area contributed by atoms with Crippen LogP contribution in [-0.4, -0.2) is 5.91 Å². The van der Waals surface area contributed by atoms with Crippen LogP contribution >= 0.6 is 0 Å². The molecule has 4 N–H and O–H groups in total. The Bertz CT molecular complexity index is 600. The lowest BCUT2D eigenvalue weighted by molar-refractivity contribution is 0.100. The zero-order valence-electron chi connectivity index (χ0n) is 10.1. The number of amides is 1. The van der Waals surface area contributed by atoms with Crippen molar-refractivity contribution in [1.29, 1.82) is 0 Å². The maximum absolute atomic E-state index is 13.6. The standard InChI is InChI=1S/C14H13FN2O2/c15-11-7-12(16)10(14(17)18)6-13(11)19-8-9-4-2-1-3-5-9/h1-7H,8,16H2,(H2,17,18). The lowest BCUT2D eigenvalue weighted by Gasteiger charge is -2.10. The van der Waals surface area contributed by atoms with Crippen LogP contribution in [0.15, 0.2) is 42.5 Å². The molecule has 4 nitrogen and oxygen atoms in total. The molecule has 98 valence electrons. The van der Waals surface area contributed by atoms with Crippen LogP contribution in [0.3, 0.4) is 0 Å². The maximum atomic E-state index is 13.6. The number of hydrogen-bond acceptors (Lipinski definition) is 3. The van der Waals surface area contributed by atoms with Gasteiger partial charge in [0, 0.05) is 11.8 Å². The summed E-state index contributed by atoms with van der Waals surface area (Å²) in [7, 11) is 0. The molecule has 2 aromatic rings. The van der Waals surface area contributed by atoms with Gasteiger partial charge in [0.25, 0.3) is 5.91 Å². The molecule has 0 unspecified atom stereocenters. The van der Waals surface area contributed by atoms with Gasteiger partial charge in [-0.2, -0.15) is 0 Å². The molecule has 0 fully saturated rings. The Labute approximate surface area is 109 Å². The molecule has 0 spiro atoms. The molecule has 0 atom stereocenters. The third kappa shape index (κ3) is 3.01. The Morgan fingerprint density at radius 3 is 2.53 bits per heavy atom. The van der Waals surface area contributed by atoms with E-state index in [1.807, 2.05) is 30.3 Å². The number of anilines is 1. The van der Waals surface area contributed by atoms with Crippen molar-refractivity contribution in [1.82, 2.24) is 0 Å². The monoisotopic (exact) mass is 260 g/mol. The number of halogens is 1. The Kier molecular flexibility index (Phi) is 3.66. The van der Waals surface area contributed by atoms with Gasteiger partial charge in [-0.25, -0.2) is 4.39 Å². The van der Waals surface area contributed by atoms with Crippen molar-refractivity contribution >= 4 is 11.6 Å². The minimum absolute atomic E-state index is 0.00272. The summed E-state index contributed by atoms with van der Waals surface area (Å²) >= 11 is 0. The third-order valence-corrected chi connectivity index (χ3v) is 2.61. The predicted molar refractivity (Wildman–Crippen MR) is 70.1 cm³/mol. The molecule has 0 saturated carbocycles. The maximum Gasteiger partial charge on any atom is 0.250 e. The molecule has 0 bridgehead atoms. The zero-order chi connectivity index (χ0) is 13.8. The summed E-state index contributed by atoms with van der Waals surface area (Å²) < 4.78 is 19.0. The summed E-state index contributed by atoms with van der Waals surface area (Å²) in [6.45, 7) is 0.194. The van der Waals surface area contributed by atoms with Gasteiger partial charge in [-0.3, -0.25) is 4.79 Å². The van der Waals surface area contributed by atoms with Crippen LogP contribution in [-0.2, 0) is 6.61 Å². The second-order valence-electron chi connectivity index (χ2n) is 4.01. The molecule has 1 amide bonds. The van der Waals surface area contributed by atoms with Crippen LogP contribution in [0.5, 0.6) is 5.75 Å². The molecular formula is C14H13FN2O2. The Balaban J connectivity index is 2.21. The molecule has 0 aliphatic rings. The molecule has 19 heavy (non-hydrogen) atoms. The molecule has 5 heteroatoms. The van der Waals surface area contributed by atoms with Crippen molar-refractivity contribution < 1.29 is 13.9 Å². The first-order valence-electron chi connectivity index (χ1n) is 5.63. The topological polar surface area (TPSA) is 78.3 Å². The summed E-state index contributed by atoms with van der Waals surface area (Å²) in [4.78, 5) is 11.1. The number of carbonyl (C=O) groups excluding carboxylic acids is 1. The van der Waals surface area contributed by atoms with Crippen LogP contribution in [0.25, 0.3) is 0 Å². The first-order chi connectivity index (χ1) is 9.08. The quantitative estimate of drug-likeness (QED) is 0.826. The van der Waals surface area contributed by atoms with Crippen molar-refractivity contribution in [3.8, 4) is 5.75 Å². The lowest BCUT2D eigenvalue weighted by atomic mass is 10.1. The van der Waals surface area contributed by atoms with Gasteiger partial charge >= 0.3 is 0 Å². The second kappa shape index (κ2) is 5.39. The SMILES string of the molecule is NC(=O)c1cc(OCc2ccccc2)c(F)cc1N. The van der Waals surface area contributed by atoms with Crippen molar-refractivity contribution in [2.75, 3.05) is 5.73 Å². The van der Waals surface area contributed by atoms with Crippen LogP contribution in [0.2, 0.25) is 0 Å². The third-order valence-electron chi connectivity index (χ3n) is 2.61. The van der Waals surface area contributed by atoms with Gasteiger partial charge in [-0.1, -0.05) is 30.3 Å². The number of ether oxygens (including phenoxy) is 1. The van der Waals surface area contributed by atoms with E-state index in [1.165, 1.54) is 6.07 Å². The number of rotatable bonds is 4. The normalized spacial score (nSPS) is 10.2. The van der Waals surface area contributed by atoms with Gasteiger partial charge < -0.3 is 16.2 Å². The summed E-state index contributed by atoms with van der Waals surface area (Å²) in [6, 6.07) is 11.5. The van der Waals surface area contributed by atoms with Crippen molar-refractivity contribution in [2.45, 2.75) is 6.61 Å². The number of carbonyl (C=O) groups is 1. The van der Waals surface area contributed by atoms with Crippen molar-refractivity contribution in [3.05, 3.63) is 59.4 Å². The number of nitrogens with two attached hydrogens (primary N) is 2. The van der Waals surface area contributed by atoms with Gasteiger partial charge in [-0.15, -0.1) is 0 Å². The number of nitrogen functional groups attached to an aromatic ring is 1. The smallest absolute Gasteiger partial charge is 0.250 e. The molecule has 2 aromatic carbocycles. The second-order valence-corrected chi connectivity index (χ2v) is 4.01. The van der Waals surface area contributed by atoms with Crippen LogP contribution in [0.4, 0.5) is 10.1 Å². The summed E-state index contributed by atoms with van der Waals surface area (Å²) in [6.07, 6.45) is 0. The highest BCUT2D eigenvalue weighted by molar-refractivity contribution is 5.98. The Morgan fingerprint density at radius 1 is 1.21 bits per heavy atom. The lowest BCUT2D eigenvalue weighted by Crippen LogP contribution is -2.14. The fourth-order valence-corrected chi connectivity index (χ4v) is 1.63. The van der Waals surface area contributed by atoms with E-state index in [0.29, 0.717) is 0 Å². The van der Waals surface area contributed by atoms with Gasteiger partial charge in [0.2, 0.25) is 0 Å². The van der Waals surface area contributed by atoms with E-state index in [1.54, 1.807) is 0 Å². The van der Waals surface area contributed by atoms with E-state index in [4.69, 9.17) is 16.2 Å². The van der Waals surface area contributed by atoms with E-state index < -0.39 is 11.7 Å². The van der Waals surface area contributed by atoms with E-state index >= 15 is 0 Å². The molecule has 0 saturated heterocycles. The Hall–Kier alpha value is -2.56. The summed E-state index contributed by atoms with van der Waals surface area (Å²) in [5.41, 5.74) is 11.6. The van der Waals surface area contributed by atoms with Crippen LogP contribution < -0.4 is 16.2 Å². The van der Waals surface area contributed by atoms with Gasteiger partial charge in [0.15, 0.2) is 11.6 Å². The molecule has 0 radical (unpaired) electrons. The van der Waals surface area contributed by atoms with Gasteiger partial charge in [0.05, 0.1) is 5.56 Å². The first kappa shape index (κ1) is 12.9. The summed E-state index contributed by atoms with van der Waals surface area (Å²) in [5.74, 6) is -1.40. The van der Waals surface area contributed by atoms with Gasteiger partial charge in [0.1, 0.15) is 6.61 Å². The molecule has 0 aromatic heterocycles. The van der Waals surface area contributed by atoms with E-state index in [-0.39, 0.29) is 23.6 Å². The molecule has 0 aliphatic heterocycles. The highest BCUT2D eigenvalue weighted by Gasteiger charge is 2.12. The highest BCUT2D eigenvalue weighted by atomic mass is 19.1. The highest BCUT2D eigenvalue weighted by Crippen LogP contribution is 2.24. The molecule has 0 heterocycles. The van der Waals surface area contributed by atoms with Crippen LogP contribution in [0, 0.1) is 5.82 Å². The Morgan fingerprint density at radius 2 is 1.89 bits per heavy atom. The fraction of sp³-hybridized carbons (Fsp3) is 0.0714. The van der Waals surface area contributed by atoms with Crippen molar-refractivity contribution in [2.24, 2.45) is 5.73 Å². The average Bonchev–Trinajstić information content (AvgIpc) is 2.38. The van der Waals surface area contributed by atoms with Gasteiger partial charge in [-0.05, 0) is 11.6 Å². The minimum atomic E-state index is -0.720.